The van der Waals surface area contributed by atoms with Crippen molar-refractivity contribution < 1.29 is 9.59 Å². The molecule has 7 heteroatoms. The van der Waals surface area contributed by atoms with Crippen molar-refractivity contribution in [3.63, 3.8) is 0 Å². The highest BCUT2D eigenvalue weighted by atomic mass is 35.5. The van der Waals surface area contributed by atoms with Crippen molar-refractivity contribution in [1.82, 2.24) is 20.2 Å². The van der Waals surface area contributed by atoms with Gasteiger partial charge in [0, 0.05) is 41.5 Å². The molecule has 1 atom stereocenters. The number of nitrogens with one attached hydrogen (secondary N) is 2. The number of aromatic nitrogens is 2. The van der Waals surface area contributed by atoms with Gasteiger partial charge in [-0.05, 0) is 23.8 Å². The predicted octanol–water partition coefficient (Wildman–Crippen LogP) is 2.46. The Labute approximate surface area is 155 Å². The molecule has 0 aliphatic carbocycles. The molecule has 4 rings (SSSR count). The lowest BCUT2D eigenvalue weighted by Gasteiger charge is -2.35. The van der Waals surface area contributed by atoms with Gasteiger partial charge in [0.15, 0.2) is 0 Å². The lowest BCUT2D eigenvalue weighted by atomic mass is 10.0. The number of carbonyl (C=O) groups excluding carboxylic acids is 2. The molecule has 26 heavy (non-hydrogen) atoms. The number of piperazine rings is 1. The molecule has 0 bridgehead atoms. The number of rotatable bonds is 3. The van der Waals surface area contributed by atoms with E-state index in [-0.39, 0.29) is 18.2 Å². The van der Waals surface area contributed by atoms with Gasteiger partial charge in [-0.1, -0.05) is 29.8 Å². The molecule has 6 nitrogen and oxygen atoms in total. The molecule has 3 heterocycles. The zero-order valence-corrected chi connectivity index (χ0v) is 14.7. The second kappa shape index (κ2) is 6.80. The molecule has 1 unspecified atom stereocenters. The summed E-state index contributed by atoms with van der Waals surface area (Å²) in [6, 6.07) is 10.2. The Kier molecular flexibility index (Phi) is 4.34. The van der Waals surface area contributed by atoms with Crippen LogP contribution in [0.1, 0.15) is 17.2 Å². The number of benzene rings is 1. The fraction of sp³-hybridized carbons (Fsp3) is 0.211. The first kappa shape index (κ1) is 16.6. The summed E-state index contributed by atoms with van der Waals surface area (Å²) in [5, 5.41) is 4.21. The Hall–Kier alpha value is -2.86. The van der Waals surface area contributed by atoms with Gasteiger partial charge in [-0.25, -0.2) is 4.98 Å². The minimum absolute atomic E-state index is 0.116. The van der Waals surface area contributed by atoms with Crippen molar-refractivity contribution in [3.8, 4) is 0 Å². The van der Waals surface area contributed by atoms with Crippen LogP contribution in [0.5, 0.6) is 0 Å². The molecule has 0 spiro atoms. The molecule has 1 aliphatic heterocycles. The van der Waals surface area contributed by atoms with Gasteiger partial charge in [0.2, 0.25) is 11.8 Å². The quantitative estimate of drug-likeness (QED) is 0.745. The normalized spacial score (nSPS) is 17.3. The number of H-pyrrole nitrogens is 1. The molecule has 3 aromatic rings. The van der Waals surface area contributed by atoms with Crippen molar-refractivity contribution >= 4 is 34.4 Å². The SMILES string of the molecule is O=C1NCCN(C(=O)Cc2c[nH]c3ncccc23)C1c1ccccc1Cl. The molecule has 2 N–H and O–H groups in total. The van der Waals surface area contributed by atoms with Crippen molar-refractivity contribution in [1.29, 1.82) is 0 Å². The third-order valence-corrected chi connectivity index (χ3v) is 4.95. The van der Waals surface area contributed by atoms with Crippen LogP contribution in [0.25, 0.3) is 11.0 Å². The van der Waals surface area contributed by atoms with Crippen LogP contribution in [-0.2, 0) is 16.0 Å². The summed E-state index contributed by atoms with van der Waals surface area (Å²) in [6.07, 6.45) is 3.69. The molecule has 1 fully saturated rings. The van der Waals surface area contributed by atoms with E-state index in [2.05, 4.69) is 15.3 Å². The lowest BCUT2D eigenvalue weighted by molar-refractivity contribution is -0.143. The van der Waals surface area contributed by atoms with E-state index in [1.807, 2.05) is 18.2 Å². The molecule has 2 aromatic heterocycles. The first-order chi connectivity index (χ1) is 12.6. The number of hydrogen-bond acceptors (Lipinski definition) is 3. The number of nitrogens with zero attached hydrogens (tertiary/aromatic N) is 2. The smallest absolute Gasteiger partial charge is 0.247 e. The molecule has 1 aromatic carbocycles. The number of hydrogen-bond donors (Lipinski definition) is 2. The molecular formula is C19H17ClN4O2. The molecule has 0 saturated carbocycles. The van der Waals surface area contributed by atoms with Gasteiger partial charge in [0.05, 0.1) is 6.42 Å². The van der Waals surface area contributed by atoms with E-state index in [4.69, 9.17) is 11.6 Å². The molecular weight excluding hydrogens is 352 g/mol. The van der Waals surface area contributed by atoms with Gasteiger partial charge in [-0.3, -0.25) is 9.59 Å². The minimum Gasteiger partial charge on any atom is -0.352 e. The van der Waals surface area contributed by atoms with Gasteiger partial charge in [0.1, 0.15) is 11.7 Å². The number of amides is 2. The summed E-state index contributed by atoms with van der Waals surface area (Å²) in [6.45, 7) is 0.877. The lowest BCUT2D eigenvalue weighted by Crippen LogP contribution is -2.52. The van der Waals surface area contributed by atoms with E-state index in [1.165, 1.54) is 0 Å². The molecule has 1 saturated heterocycles. The van der Waals surface area contributed by atoms with Crippen LogP contribution in [0.3, 0.4) is 0 Å². The van der Waals surface area contributed by atoms with Crippen LogP contribution in [0.4, 0.5) is 0 Å². The van der Waals surface area contributed by atoms with Crippen LogP contribution in [0.2, 0.25) is 5.02 Å². The Balaban J connectivity index is 1.65. The maximum Gasteiger partial charge on any atom is 0.247 e. The Bertz CT molecular complexity index is 984. The Morgan fingerprint density at radius 3 is 2.96 bits per heavy atom. The maximum atomic E-state index is 13.0. The monoisotopic (exact) mass is 368 g/mol. The van der Waals surface area contributed by atoms with Gasteiger partial charge >= 0.3 is 0 Å². The summed E-state index contributed by atoms with van der Waals surface area (Å²) >= 11 is 6.28. The Morgan fingerprint density at radius 2 is 2.12 bits per heavy atom. The van der Waals surface area contributed by atoms with Crippen molar-refractivity contribution in [2.24, 2.45) is 0 Å². The van der Waals surface area contributed by atoms with Gasteiger partial charge in [0.25, 0.3) is 0 Å². The molecule has 0 radical (unpaired) electrons. The van der Waals surface area contributed by atoms with Crippen molar-refractivity contribution in [2.75, 3.05) is 13.1 Å². The summed E-state index contributed by atoms with van der Waals surface area (Å²) in [4.78, 5) is 34.4. The number of fused-ring (bicyclic) bond motifs is 1. The fourth-order valence-electron chi connectivity index (χ4n) is 3.36. The summed E-state index contributed by atoms with van der Waals surface area (Å²) in [5.74, 6) is -0.326. The molecule has 2 amide bonds. The van der Waals surface area contributed by atoms with Gasteiger partial charge < -0.3 is 15.2 Å². The summed E-state index contributed by atoms with van der Waals surface area (Å²) < 4.78 is 0. The average molecular weight is 369 g/mol. The van der Waals surface area contributed by atoms with Crippen LogP contribution < -0.4 is 5.32 Å². The van der Waals surface area contributed by atoms with Crippen LogP contribution in [-0.4, -0.2) is 39.8 Å². The number of halogens is 1. The zero-order chi connectivity index (χ0) is 18.1. The van der Waals surface area contributed by atoms with E-state index in [1.54, 1.807) is 35.5 Å². The molecule has 132 valence electrons. The zero-order valence-electron chi connectivity index (χ0n) is 13.9. The third kappa shape index (κ3) is 2.93. The fourth-order valence-corrected chi connectivity index (χ4v) is 3.60. The Morgan fingerprint density at radius 1 is 1.27 bits per heavy atom. The largest absolute Gasteiger partial charge is 0.352 e. The first-order valence-electron chi connectivity index (χ1n) is 8.38. The van der Waals surface area contributed by atoms with E-state index in [0.29, 0.717) is 23.7 Å². The highest BCUT2D eigenvalue weighted by Gasteiger charge is 2.35. The van der Waals surface area contributed by atoms with E-state index in [9.17, 15) is 9.59 Å². The average Bonchev–Trinajstić information content (AvgIpc) is 3.05. The second-order valence-electron chi connectivity index (χ2n) is 6.19. The van der Waals surface area contributed by atoms with Crippen molar-refractivity contribution in [3.05, 3.63) is 64.9 Å². The van der Waals surface area contributed by atoms with E-state index >= 15 is 0 Å². The molecule has 1 aliphatic rings. The highest BCUT2D eigenvalue weighted by molar-refractivity contribution is 6.31. The maximum absolute atomic E-state index is 13.0. The third-order valence-electron chi connectivity index (χ3n) is 4.61. The first-order valence-corrected chi connectivity index (χ1v) is 8.75. The number of pyridine rings is 1. The van der Waals surface area contributed by atoms with Gasteiger partial charge in [-0.2, -0.15) is 0 Å². The standard InChI is InChI=1S/C19H17ClN4O2/c20-15-6-2-1-4-14(15)17-19(26)22-8-9-24(17)16(25)10-12-11-23-18-13(12)5-3-7-21-18/h1-7,11,17H,8-10H2,(H,21,23)(H,22,26). The van der Waals surface area contributed by atoms with Crippen LogP contribution >= 0.6 is 11.6 Å². The highest BCUT2D eigenvalue weighted by Crippen LogP contribution is 2.30. The predicted molar refractivity (Wildman–Crippen MR) is 98.7 cm³/mol. The van der Waals surface area contributed by atoms with E-state index < -0.39 is 6.04 Å². The topological polar surface area (TPSA) is 78.1 Å². The van der Waals surface area contributed by atoms with Gasteiger partial charge in [-0.15, -0.1) is 0 Å². The second-order valence-corrected chi connectivity index (χ2v) is 6.60. The van der Waals surface area contributed by atoms with Crippen LogP contribution in [0, 0.1) is 0 Å². The van der Waals surface area contributed by atoms with Crippen molar-refractivity contribution in [2.45, 2.75) is 12.5 Å². The van der Waals surface area contributed by atoms with E-state index in [0.717, 1.165) is 16.6 Å². The number of aromatic amines is 1. The summed E-state index contributed by atoms with van der Waals surface area (Å²) in [7, 11) is 0. The minimum atomic E-state index is -0.715. The number of carbonyl (C=O) groups is 2. The van der Waals surface area contributed by atoms with Crippen LogP contribution in [0.15, 0.2) is 48.8 Å². The summed E-state index contributed by atoms with van der Waals surface area (Å²) in [5.41, 5.74) is 2.25.